The third-order valence-electron chi connectivity index (χ3n) is 4.70. The van der Waals surface area contributed by atoms with Crippen LogP contribution in [-0.4, -0.2) is 45.7 Å². The minimum absolute atomic E-state index is 0.0778. The molecule has 1 saturated heterocycles. The number of nitrogens with zero attached hydrogens (tertiary/aromatic N) is 1. The Morgan fingerprint density at radius 3 is 2.69 bits per heavy atom. The number of carbonyl (C=O) groups is 1. The molecule has 1 aliphatic rings. The lowest BCUT2D eigenvalue weighted by atomic mass is 10.2. The summed E-state index contributed by atoms with van der Waals surface area (Å²) >= 11 is 6.28. The van der Waals surface area contributed by atoms with Crippen LogP contribution < -0.4 is 19.9 Å². The summed E-state index contributed by atoms with van der Waals surface area (Å²) < 4.78 is 5.21. The Labute approximate surface area is 159 Å². The zero-order valence-electron chi connectivity index (χ0n) is 15.0. The highest BCUT2D eigenvalue weighted by Gasteiger charge is 2.23. The average Bonchev–Trinajstić information content (AvgIpc) is 2.68. The number of carbonyl (C=O) groups excluding carboxylic acids is 1. The van der Waals surface area contributed by atoms with Crippen molar-refractivity contribution in [2.75, 3.05) is 44.7 Å². The lowest BCUT2D eigenvalue weighted by molar-refractivity contribution is -0.892. The van der Waals surface area contributed by atoms with Crippen LogP contribution in [-0.2, 0) is 11.3 Å². The summed E-state index contributed by atoms with van der Waals surface area (Å²) in [5, 5.41) is 3.78. The summed E-state index contributed by atoms with van der Waals surface area (Å²) in [5.41, 5.74) is 2.12. The molecule has 0 aromatic heterocycles. The fraction of sp³-hybridized carbons (Fsp3) is 0.350. The maximum atomic E-state index is 12.2. The lowest BCUT2D eigenvalue weighted by Crippen LogP contribution is -3.15. The molecule has 138 valence electrons. The van der Waals surface area contributed by atoms with Crippen molar-refractivity contribution in [3.05, 3.63) is 59.1 Å². The number of hydrogen-bond donors (Lipinski definition) is 2. The first-order chi connectivity index (χ1) is 12.7. The van der Waals surface area contributed by atoms with Gasteiger partial charge in [0.1, 0.15) is 5.75 Å². The van der Waals surface area contributed by atoms with Gasteiger partial charge in [-0.2, -0.15) is 0 Å². The van der Waals surface area contributed by atoms with E-state index in [0.717, 1.165) is 48.2 Å². The van der Waals surface area contributed by atoms with Crippen molar-refractivity contribution < 1.29 is 14.4 Å². The van der Waals surface area contributed by atoms with E-state index in [2.05, 4.69) is 10.2 Å². The summed E-state index contributed by atoms with van der Waals surface area (Å²) in [4.78, 5) is 15.8. The van der Waals surface area contributed by atoms with E-state index in [1.807, 2.05) is 48.5 Å². The molecule has 2 aromatic carbocycles. The van der Waals surface area contributed by atoms with E-state index in [1.165, 1.54) is 4.90 Å². The third-order valence-corrected chi connectivity index (χ3v) is 5.02. The van der Waals surface area contributed by atoms with E-state index in [4.69, 9.17) is 16.3 Å². The Morgan fingerprint density at radius 2 is 1.96 bits per heavy atom. The molecule has 0 radical (unpaired) electrons. The molecule has 1 aliphatic heterocycles. The molecule has 1 heterocycles. The van der Waals surface area contributed by atoms with Crippen molar-refractivity contribution in [1.29, 1.82) is 0 Å². The van der Waals surface area contributed by atoms with Gasteiger partial charge in [-0.15, -0.1) is 0 Å². The molecule has 0 bridgehead atoms. The highest BCUT2D eigenvalue weighted by Crippen LogP contribution is 2.24. The topological polar surface area (TPSA) is 46.0 Å². The van der Waals surface area contributed by atoms with E-state index < -0.39 is 0 Å². The Bertz CT molecular complexity index is 745. The summed E-state index contributed by atoms with van der Waals surface area (Å²) in [6.45, 7) is 4.69. The fourth-order valence-corrected chi connectivity index (χ4v) is 3.48. The number of ether oxygens (including phenoxy) is 1. The zero-order chi connectivity index (χ0) is 18.4. The zero-order valence-corrected chi connectivity index (χ0v) is 15.8. The number of hydrogen-bond acceptors (Lipinski definition) is 3. The smallest absolute Gasteiger partial charge is 0.275 e. The van der Waals surface area contributed by atoms with Crippen LogP contribution in [0.2, 0.25) is 5.02 Å². The molecule has 2 aromatic rings. The Kier molecular flexibility index (Phi) is 6.36. The second-order valence-electron chi connectivity index (χ2n) is 6.49. The van der Waals surface area contributed by atoms with Gasteiger partial charge in [0, 0.05) is 6.54 Å². The van der Waals surface area contributed by atoms with Crippen LogP contribution in [0.3, 0.4) is 0 Å². The molecule has 3 rings (SSSR count). The monoisotopic (exact) mass is 374 g/mol. The molecular formula is C20H25ClN3O2+. The second-order valence-corrected chi connectivity index (χ2v) is 6.90. The Hall–Kier alpha value is -2.24. The van der Waals surface area contributed by atoms with Crippen molar-refractivity contribution >= 4 is 23.2 Å². The predicted octanol–water partition coefficient (Wildman–Crippen LogP) is 1.37. The van der Waals surface area contributed by atoms with Crippen LogP contribution in [0.1, 0.15) is 5.56 Å². The number of quaternary nitrogens is 1. The first-order valence-corrected chi connectivity index (χ1v) is 9.26. The Balaban J connectivity index is 1.44. The molecule has 26 heavy (non-hydrogen) atoms. The Morgan fingerprint density at radius 1 is 1.19 bits per heavy atom. The van der Waals surface area contributed by atoms with Crippen LogP contribution in [0, 0.1) is 0 Å². The summed E-state index contributed by atoms with van der Waals surface area (Å²) in [6, 6.07) is 15.7. The number of methoxy groups -OCH3 is 1. The van der Waals surface area contributed by atoms with Gasteiger partial charge in [-0.3, -0.25) is 4.79 Å². The van der Waals surface area contributed by atoms with Crippen LogP contribution >= 0.6 is 11.6 Å². The molecule has 0 atom stereocenters. The molecule has 0 saturated carbocycles. The highest BCUT2D eigenvalue weighted by atomic mass is 35.5. The first kappa shape index (κ1) is 18.5. The van der Waals surface area contributed by atoms with Crippen molar-refractivity contribution in [3.63, 3.8) is 0 Å². The molecule has 1 fully saturated rings. The van der Waals surface area contributed by atoms with Gasteiger partial charge in [0.2, 0.25) is 0 Å². The summed E-state index contributed by atoms with van der Waals surface area (Å²) in [6.07, 6.45) is 0. The van der Waals surface area contributed by atoms with Crippen molar-refractivity contribution in [3.8, 4) is 5.75 Å². The van der Waals surface area contributed by atoms with Gasteiger partial charge in [-0.25, -0.2) is 0 Å². The number of rotatable bonds is 6. The first-order valence-electron chi connectivity index (χ1n) is 8.88. The van der Waals surface area contributed by atoms with E-state index in [-0.39, 0.29) is 5.91 Å². The highest BCUT2D eigenvalue weighted by molar-refractivity contribution is 6.33. The molecule has 0 spiro atoms. The molecule has 6 heteroatoms. The summed E-state index contributed by atoms with van der Waals surface area (Å²) in [7, 11) is 1.64. The summed E-state index contributed by atoms with van der Waals surface area (Å²) in [5.74, 6) is 0.882. The van der Waals surface area contributed by atoms with Crippen molar-refractivity contribution in [1.82, 2.24) is 5.32 Å². The van der Waals surface area contributed by atoms with Gasteiger partial charge >= 0.3 is 0 Å². The van der Waals surface area contributed by atoms with Gasteiger partial charge in [0.05, 0.1) is 44.0 Å². The van der Waals surface area contributed by atoms with Crippen LogP contribution in [0.5, 0.6) is 5.75 Å². The number of halogens is 1. The maximum Gasteiger partial charge on any atom is 0.275 e. The van der Waals surface area contributed by atoms with E-state index in [0.29, 0.717) is 13.1 Å². The fourth-order valence-electron chi connectivity index (χ4n) is 3.22. The number of benzene rings is 2. The van der Waals surface area contributed by atoms with E-state index in [1.54, 1.807) is 7.11 Å². The van der Waals surface area contributed by atoms with Crippen molar-refractivity contribution in [2.45, 2.75) is 6.54 Å². The average molecular weight is 375 g/mol. The van der Waals surface area contributed by atoms with Gasteiger partial charge in [0.15, 0.2) is 6.54 Å². The van der Waals surface area contributed by atoms with Gasteiger partial charge in [-0.1, -0.05) is 35.9 Å². The minimum atomic E-state index is 0.0778. The van der Waals surface area contributed by atoms with Gasteiger partial charge in [-0.05, 0) is 29.8 Å². The van der Waals surface area contributed by atoms with Crippen molar-refractivity contribution in [2.24, 2.45) is 0 Å². The second kappa shape index (κ2) is 8.92. The van der Waals surface area contributed by atoms with Gasteiger partial charge in [0.25, 0.3) is 5.91 Å². The number of amides is 1. The number of para-hydroxylation sites is 1. The third kappa shape index (κ3) is 4.90. The van der Waals surface area contributed by atoms with Crippen LogP contribution in [0.15, 0.2) is 48.5 Å². The van der Waals surface area contributed by atoms with Crippen LogP contribution in [0.4, 0.5) is 5.69 Å². The molecular weight excluding hydrogens is 350 g/mol. The standard InChI is InChI=1S/C20H24ClN3O2/c1-26-17-6-4-5-16(13-17)14-22-20(25)15-23-9-11-24(12-10-23)19-8-3-2-7-18(19)21/h2-8,13H,9-12,14-15H2,1H3,(H,22,25)/p+1. The SMILES string of the molecule is COc1cccc(CNC(=O)C[NH+]2CCN(c3ccccc3Cl)CC2)c1. The van der Waals surface area contributed by atoms with E-state index in [9.17, 15) is 4.79 Å². The van der Waals surface area contributed by atoms with Gasteiger partial charge < -0.3 is 19.9 Å². The number of piperazine rings is 1. The molecule has 2 N–H and O–H groups in total. The molecule has 0 unspecified atom stereocenters. The number of nitrogens with one attached hydrogen (secondary N) is 2. The van der Waals surface area contributed by atoms with E-state index >= 15 is 0 Å². The minimum Gasteiger partial charge on any atom is -0.497 e. The normalized spacial score (nSPS) is 14.9. The quantitative estimate of drug-likeness (QED) is 0.802. The predicted molar refractivity (Wildman–Crippen MR) is 104 cm³/mol. The maximum absolute atomic E-state index is 12.2. The largest absolute Gasteiger partial charge is 0.497 e. The molecule has 1 amide bonds. The molecule has 0 aliphatic carbocycles. The van der Waals surface area contributed by atoms with Crippen LogP contribution in [0.25, 0.3) is 0 Å². The lowest BCUT2D eigenvalue weighted by Gasteiger charge is -2.33. The molecule has 5 nitrogen and oxygen atoms in total. The number of anilines is 1.